The van der Waals surface area contributed by atoms with Gasteiger partial charge in [0.1, 0.15) is 12.1 Å². The minimum Gasteiger partial charge on any atom is -0.472 e. The van der Waals surface area contributed by atoms with Crippen molar-refractivity contribution in [3.63, 3.8) is 0 Å². The summed E-state index contributed by atoms with van der Waals surface area (Å²) in [5.74, 6) is 1.04. The van der Waals surface area contributed by atoms with Crippen LogP contribution in [0.3, 0.4) is 0 Å². The van der Waals surface area contributed by atoms with Crippen LogP contribution in [-0.4, -0.2) is 38.2 Å². The smallest absolute Gasteiger partial charge is 0.345 e. The van der Waals surface area contributed by atoms with Crippen LogP contribution < -0.4 is 5.69 Å². The summed E-state index contributed by atoms with van der Waals surface area (Å²) in [6, 6.07) is 1.76. The standard InChI is InChI=1S/C16H22N4O3/c1-11(2)20-14(17-18(3)16(20)22)12-4-7-19(8-5-12)15(21)13-6-9-23-10-13/h6,9-12H,4-5,7-8H2,1-3H3. The summed E-state index contributed by atoms with van der Waals surface area (Å²) < 4.78 is 8.14. The number of hydrogen-bond acceptors (Lipinski definition) is 4. The number of aromatic nitrogens is 3. The van der Waals surface area contributed by atoms with Crippen molar-refractivity contribution in [3.8, 4) is 0 Å². The third-order valence-corrected chi connectivity index (χ3v) is 4.41. The Morgan fingerprint density at radius 3 is 2.61 bits per heavy atom. The second-order valence-electron chi connectivity index (χ2n) is 6.31. The Hall–Kier alpha value is -2.31. The zero-order valence-corrected chi connectivity index (χ0v) is 13.7. The maximum Gasteiger partial charge on any atom is 0.345 e. The van der Waals surface area contributed by atoms with Gasteiger partial charge in [0.2, 0.25) is 0 Å². The van der Waals surface area contributed by atoms with E-state index in [1.54, 1.807) is 17.7 Å². The molecule has 1 aliphatic heterocycles. The average Bonchev–Trinajstić information content (AvgIpc) is 3.16. The van der Waals surface area contributed by atoms with Gasteiger partial charge < -0.3 is 9.32 Å². The van der Waals surface area contributed by atoms with Crippen molar-refractivity contribution in [1.29, 1.82) is 0 Å². The summed E-state index contributed by atoms with van der Waals surface area (Å²) in [5, 5.41) is 4.42. The monoisotopic (exact) mass is 318 g/mol. The second-order valence-corrected chi connectivity index (χ2v) is 6.31. The highest BCUT2D eigenvalue weighted by molar-refractivity contribution is 5.93. The van der Waals surface area contributed by atoms with E-state index < -0.39 is 0 Å². The van der Waals surface area contributed by atoms with Crippen LogP contribution in [0.5, 0.6) is 0 Å². The van der Waals surface area contributed by atoms with Gasteiger partial charge in [-0.25, -0.2) is 9.48 Å². The maximum atomic E-state index is 12.3. The third kappa shape index (κ3) is 2.83. The molecule has 2 aromatic rings. The van der Waals surface area contributed by atoms with Gasteiger partial charge in [0.05, 0.1) is 11.8 Å². The summed E-state index contributed by atoms with van der Waals surface area (Å²) in [7, 11) is 1.68. The van der Waals surface area contributed by atoms with Gasteiger partial charge in [-0.1, -0.05) is 0 Å². The van der Waals surface area contributed by atoms with Gasteiger partial charge in [0.15, 0.2) is 0 Å². The van der Waals surface area contributed by atoms with Gasteiger partial charge >= 0.3 is 5.69 Å². The van der Waals surface area contributed by atoms with Crippen molar-refractivity contribution in [2.45, 2.75) is 38.6 Å². The second kappa shape index (κ2) is 6.06. The fourth-order valence-electron chi connectivity index (χ4n) is 3.17. The quantitative estimate of drug-likeness (QED) is 0.864. The molecule has 0 aromatic carbocycles. The molecule has 124 valence electrons. The molecule has 7 nitrogen and oxygen atoms in total. The molecule has 0 spiro atoms. The summed E-state index contributed by atoms with van der Waals surface area (Å²) in [5.41, 5.74) is 0.507. The predicted octanol–water partition coefficient (Wildman–Crippen LogP) is 1.78. The number of likely N-dealkylation sites (tertiary alicyclic amines) is 1. The van der Waals surface area contributed by atoms with Gasteiger partial charge in [0, 0.05) is 32.1 Å². The van der Waals surface area contributed by atoms with Crippen molar-refractivity contribution in [2.75, 3.05) is 13.1 Å². The van der Waals surface area contributed by atoms with Crippen LogP contribution in [0, 0.1) is 0 Å². The van der Waals surface area contributed by atoms with Crippen LogP contribution in [0.4, 0.5) is 0 Å². The molecule has 0 radical (unpaired) electrons. The Morgan fingerprint density at radius 2 is 2.04 bits per heavy atom. The van der Waals surface area contributed by atoms with Gasteiger partial charge in [-0.05, 0) is 32.8 Å². The summed E-state index contributed by atoms with van der Waals surface area (Å²) in [6.45, 7) is 5.31. The number of rotatable bonds is 3. The van der Waals surface area contributed by atoms with E-state index >= 15 is 0 Å². The molecule has 0 unspecified atom stereocenters. The highest BCUT2D eigenvalue weighted by atomic mass is 16.3. The van der Waals surface area contributed by atoms with E-state index in [-0.39, 0.29) is 23.6 Å². The summed E-state index contributed by atoms with van der Waals surface area (Å²) in [4.78, 5) is 26.4. The number of hydrogen-bond donors (Lipinski definition) is 0. The van der Waals surface area contributed by atoms with Crippen LogP contribution in [0.15, 0.2) is 27.8 Å². The third-order valence-electron chi connectivity index (χ3n) is 4.41. The SMILES string of the molecule is CC(C)n1c(C2CCN(C(=O)c3ccoc3)CC2)nn(C)c1=O. The number of amides is 1. The van der Waals surface area contributed by atoms with Crippen LogP contribution >= 0.6 is 0 Å². The lowest BCUT2D eigenvalue weighted by Crippen LogP contribution is -2.38. The Kier molecular flexibility index (Phi) is 4.11. The number of carbonyl (C=O) groups is 1. The molecule has 1 amide bonds. The van der Waals surface area contributed by atoms with E-state index in [1.165, 1.54) is 17.2 Å². The molecule has 0 atom stereocenters. The Balaban J connectivity index is 1.74. The number of aryl methyl sites for hydroxylation is 1. The molecule has 1 fully saturated rings. The van der Waals surface area contributed by atoms with E-state index in [1.807, 2.05) is 18.7 Å². The molecular formula is C16H22N4O3. The zero-order chi connectivity index (χ0) is 16.6. The van der Waals surface area contributed by atoms with Crippen LogP contribution in [0.2, 0.25) is 0 Å². The van der Waals surface area contributed by atoms with E-state index in [4.69, 9.17) is 4.42 Å². The van der Waals surface area contributed by atoms with Crippen LogP contribution in [-0.2, 0) is 7.05 Å². The maximum absolute atomic E-state index is 12.3. The Bertz CT molecular complexity index is 734. The van der Waals surface area contributed by atoms with Crippen molar-refractivity contribution in [1.82, 2.24) is 19.2 Å². The Morgan fingerprint density at radius 1 is 1.35 bits per heavy atom. The fourth-order valence-corrected chi connectivity index (χ4v) is 3.17. The van der Waals surface area contributed by atoms with Crippen molar-refractivity contribution in [2.24, 2.45) is 7.05 Å². The Labute approximate surface area is 134 Å². The number of carbonyl (C=O) groups excluding carboxylic acids is 1. The molecule has 3 rings (SSSR count). The first-order valence-corrected chi connectivity index (χ1v) is 7.96. The lowest BCUT2D eigenvalue weighted by atomic mass is 9.95. The number of piperidine rings is 1. The molecule has 3 heterocycles. The first kappa shape index (κ1) is 15.6. The van der Waals surface area contributed by atoms with Crippen molar-refractivity contribution < 1.29 is 9.21 Å². The first-order chi connectivity index (χ1) is 11.0. The molecule has 0 saturated carbocycles. The van der Waals surface area contributed by atoms with Crippen LogP contribution in [0.25, 0.3) is 0 Å². The predicted molar refractivity (Wildman–Crippen MR) is 84.4 cm³/mol. The van der Waals surface area contributed by atoms with E-state index in [9.17, 15) is 9.59 Å². The van der Waals surface area contributed by atoms with Crippen molar-refractivity contribution in [3.05, 3.63) is 40.5 Å². The van der Waals surface area contributed by atoms with E-state index in [0.29, 0.717) is 18.7 Å². The van der Waals surface area contributed by atoms with Gasteiger partial charge in [-0.2, -0.15) is 5.10 Å². The fraction of sp³-hybridized carbons (Fsp3) is 0.562. The highest BCUT2D eigenvalue weighted by Gasteiger charge is 2.29. The zero-order valence-electron chi connectivity index (χ0n) is 13.7. The van der Waals surface area contributed by atoms with Gasteiger partial charge in [-0.15, -0.1) is 0 Å². The lowest BCUT2D eigenvalue weighted by Gasteiger charge is -2.31. The minimum absolute atomic E-state index is 0.000490. The molecule has 1 aliphatic rings. The highest BCUT2D eigenvalue weighted by Crippen LogP contribution is 2.28. The van der Waals surface area contributed by atoms with Crippen molar-refractivity contribution >= 4 is 5.91 Å². The van der Waals surface area contributed by atoms with E-state index in [0.717, 1.165) is 18.7 Å². The molecule has 0 aliphatic carbocycles. The molecule has 23 heavy (non-hydrogen) atoms. The van der Waals surface area contributed by atoms with E-state index in [2.05, 4.69) is 5.10 Å². The summed E-state index contributed by atoms with van der Waals surface area (Å²) >= 11 is 0. The minimum atomic E-state index is -0.0769. The molecule has 0 N–H and O–H groups in total. The first-order valence-electron chi connectivity index (χ1n) is 7.96. The molecular weight excluding hydrogens is 296 g/mol. The number of furan rings is 1. The lowest BCUT2D eigenvalue weighted by molar-refractivity contribution is 0.0709. The molecule has 0 bridgehead atoms. The van der Waals surface area contributed by atoms with Crippen LogP contribution in [0.1, 0.15) is 54.8 Å². The molecule has 7 heteroatoms. The topological polar surface area (TPSA) is 73.3 Å². The van der Waals surface area contributed by atoms with Gasteiger partial charge in [-0.3, -0.25) is 9.36 Å². The largest absolute Gasteiger partial charge is 0.472 e. The molecule has 2 aromatic heterocycles. The number of nitrogens with zero attached hydrogens (tertiary/aromatic N) is 4. The summed E-state index contributed by atoms with van der Waals surface area (Å²) in [6.07, 6.45) is 4.61. The van der Waals surface area contributed by atoms with Gasteiger partial charge in [0.25, 0.3) is 5.91 Å². The molecule has 1 saturated heterocycles. The average molecular weight is 318 g/mol. The normalized spacial score (nSPS) is 16.3.